The maximum atomic E-state index is 10.5. The first-order valence-corrected chi connectivity index (χ1v) is 7.83. The molecule has 0 aliphatic rings. The van der Waals surface area contributed by atoms with Crippen molar-refractivity contribution in [2.45, 2.75) is 24.2 Å². The van der Waals surface area contributed by atoms with E-state index in [1.165, 1.54) is 23.1 Å². The average Bonchev–Trinajstić information content (AvgIpc) is 2.75. The molecule has 1 heterocycles. The van der Waals surface area contributed by atoms with Gasteiger partial charge in [0.25, 0.3) is 0 Å². The topological polar surface area (TPSA) is 69.6 Å². The van der Waals surface area contributed by atoms with Gasteiger partial charge in [0, 0.05) is 19.1 Å². The van der Waals surface area contributed by atoms with Crippen LogP contribution in [0.4, 0.5) is 5.13 Å². The van der Waals surface area contributed by atoms with E-state index in [1.807, 2.05) is 14.1 Å². The summed E-state index contributed by atoms with van der Waals surface area (Å²) >= 11 is 2.66. The first-order valence-electron chi connectivity index (χ1n) is 6.03. The van der Waals surface area contributed by atoms with E-state index < -0.39 is 5.97 Å². The standard InChI is InChI=1S/C11H20N4O2S2/c1-5-15(8(2)6-14(3)4)10-12-13-11(19-10)18-7-9(16)17/h8H,5-7H2,1-4H3,(H,16,17). The van der Waals surface area contributed by atoms with Crippen LogP contribution in [0.2, 0.25) is 0 Å². The van der Waals surface area contributed by atoms with Gasteiger partial charge in [-0.1, -0.05) is 23.1 Å². The van der Waals surface area contributed by atoms with Gasteiger partial charge in [-0.05, 0) is 27.9 Å². The van der Waals surface area contributed by atoms with Crippen LogP contribution >= 0.6 is 23.1 Å². The Morgan fingerprint density at radius 1 is 1.47 bits per heavy atom. The van der Waals surface area contributed by atoms with Gasteiger partial charge in [0.15, 0.2) is 4.34 Å². The Balaban J connectivity index is 2.68. The predicted octanol–water partition coefficient (Wildman–Crippen LogP) is 1.49. The molecule has 1 atom stereocenters. The molecule has 0 amide bonds. The van der Waals surface area contributed by atoms with Crippen LogP contribution < -0.4 is 4.90 Å². The van der Waals surface area contributed by atoms with Crippen LogP contribution in [0.1, 0.15) is 13.8 Å². The largest absolute Gasteiger partial charge is 0.481 e. The second-order valence-electron chi connectivity index (χ2n) is 4.43. The number of nitrogens with zero attached hydrogens (tertiary/aromatic N) is 4. The van der Waals surface area contributed by atoms with E-state index in [0.29, 0.717) is 10.4 Å². The lowest BCUT2D eigenvalue weighted by Gasteiger charge is -2.29. The number of aliphatic carboxylic acids is 1. The van der Waals surface area contributed by atoms with Gasteiger partial charge >= 0.3 is 5.97 Å². The number of thioether (sulfide) groups is 1. The van der Waals surface area contributed by atoms with Crippen LogP contribution in [0.5, 0.6) is 0 Å². The van der Waals surface area contributed by atoms with Gasteiger partial charge in [-0.15, -0.1) is 10.2 Å². The number of aromatic nitrogens is 2. The number of carbonyl (C=O) groups is 1. The van der Waals surface area contributed by atoms with E-state index in [0.717, 1.165) is 18.2 Å². The molecular formula is C11H20N4O2S2. The monoisotopic (exact) mass is 304 g/mol. The fourth-order valence-corrected chi connectivity index (χ4v) is 3.49. The van der Waals surface area contributed by atoms with Crippen LogP contribution in [-0.2, 0) is 4.79 Å². The average molecular weight is 304 g/mol. The molecule has 19 heavy (non-hydrogen) atoms. The van der Waals surface area contributed by atoms with Crippen molar-refractivity contribution in [2.75, 3.05) is 37.8 Å². The number of carboxylic acids is 1. The van der Waals surface area contributed by atoms with Gasteiger partial charge in [0.1, 0.15) is 0 Å². The molecule has 0 saturated carbocycles. The highest BCUT2D eigenvalue weighted by Crippen LogP contribution is 2.28. The molecule has 0 aromatic carbocycles. The van der Waals surface area contributed by atoms with Crippen molar-refractivity contribution >= 4 is 34.2 Å². The van der Waals surface area contributed by atoms with Crippen molar-refractivity contribution in [1.29, 1.82) is 0 Å². The van der Waals surface area contributed by atoms with Crippen molar-refractivity contribution in [1.82, 2.24) is 15.1 Å². The Hall–Kier alpha value is -0.860. The minimum atomic E-state index is -0.838. The van der Waals surface area contributed by atoms with Crippen molar-refractivity contribution in [3.8, 4) is 0 Å². The molecule has 1 unspecified atom stereocenters. The molecule has 0 saturated heterocycles. The lowest BCUT2D eigenvalue weighted by atomic mass is 10.3. The number of rotatable bonds is 8. The van der Waals surface area contributed by atoms with E-state index in [1.54, 1.807) is 0 Å². The zero-order chi connectivity index (χ0) is 14.4. The number of hydrogen-bond acceptors (Lipinski definition) is 7. The zero-order valence-corrected chi connectivity index (χ0v) is 13.3. The van der Waals surface area contributed by atoms with Crippen LogP contribution in [0, 0.1) is 0 Å². The van der Waals surface area contributed by atoms with E-state index in [4.69, 9.17) is 5.11 Å². The summed E-state index contributed by atoms with van der Waals surface area (Å²) in [5.41, 5.74) is 0. The third-order valence-corrected chi connectivity index (χ3v) is 4.54. The van der Waals surface area contributed by atoms with Gasteiger partial charge in [-0.3, -0.25) is 4.79 Å². The molecule has 0 fully saturated rings. The second kappa shape index (κ2) is 7.66. The molecular weight excluding hydrogens is 284 g/mol. The molecule has 0 aliphatic carbocycles. The Morgan fingerprint density at radius 2 is 2.16 bits per heavy atom. The molecule has 8 heteroatoms. The highest BCUT2D eigenvalue weighted by Gasteiger charge is 2.18. The SMILES string of the molecule is CCN(c1nnc(SCC(=O)O)s1)C(C)CN(C)C. The van der Waals surface area contributed by atoms with Crippen LogP contribution in [0.3, 0.4) is 0 Å². The first-order chi connectivity index (χ1) is 8.93. The highest BCUT2D eigenvalue weighted by molar-refractivity contribution is 8.01. The Morgan fingerprint density at radius 3 is 2.68 bits per heavy atom. The lowest BCUT2D eigenvalue weighted by Crippen LogP contribution is -2.40. The normalized spacial score (nSPS) is 12.7. The van der Waals surface area contributed by atoms with E-state index in [2.05, 4.69) is 33.8 Å². The van der Waals surface area contributed by atoms with Gasteiger partial charge in [0.2, 0.25) is 5.13 Å². The fraction of sp³-hybridized carbons (Fsp3) is 0.727. The Bertz CT molecular complexity index is 411. The van der Waals surface area contributed by atoms with Gasteiger partial charge in [-0.25, -0.2) is 0 Å². The molecule has 1 rings (SSSR count). The molecule has 0 aliphatic heterocycles. The van der Waals surface area contributed by atoms with E-state index >= 15 is 0 Å². The molecule has 1 aromatic heterocycles. The summed E-state index contributed by atoms with van der Waals surface area (Å²) < 4.78 is 0.702. The van der Waals surface area contributed by atoms with E-state index in [9.17, 15) is 4.79 Å². The molecule has 0 spiro atoms. The first kappa shape index (κ1) is 16.2. The minimum Gasteiger partial charge on any atom is -0.481 e. The Labute approximate surface area is 121 Å². The summed E-state index contributed by atoms with van der Waals surface area (Å²) in [6.45, 7) is 6.02. The summed E-state index contributed by atoms with van der Waals surface area (Å²) in [7, 11) is 4.08. The van der Waals surface area contributed by atoms with Crippen LogP contribution in [0.25, 0.3) is 0 Å². The quantitative estimate of drug-likeness (QED) is 0.730. The molecule has 0 radical (unpaired) electrons. The van der Waals surface area contributed by atoms with Crippen molar-refractivity contribution < 1.29 is 9.90 Å². The summed E-state index contributed by atoms with van der Waals surface area (Å²) in [5, 5.41) is 17.7. The number of anilines is 1. The van der Waals surface area contributed by atoms with Crippen molar-refractivity contribution in [3.63, 3.8) is 0 Å². The minimum absolute atomic E-state index is 0.0218. The smallest absolute Gasteiger partial charge is 0.313 e. The Kier molecular flexibility index (Phi) is 6.53. The predicted molar refractivity (Wildman–Crippen MR) is 79.3 cm³/mol. The van der Waals surface area contributed by atoms with Gasteiger partial charge in [-0.2, -0.15) is 0 Å². The summed E-state index contributed by atoms with van der Waals surface area (Å²) in [4.78, 5) is 14.8. The van der Waals surface area contributed by atoms with Crippen LogP contribution in [-0.4, -0.2) is 65.2 Å². The second-order valence-corrected chi connectivity index (χ2v) is 6.61. The van der Waals surface area contributed by atoms with Crippen molar-refractivity contribution in [2.24, 2.45) is 0 Å². The van der Waals surface area contributed by atoms with Gasteiger partial charge < -0.3 is 14.9 Å². The third kappa shape index (κ3) is 5.33. The number of likely N-dealkylation sites (N-methyl/N-ethyl adjacent to an activating group) is 2. The summed E-state index contributed by atoms with van der Waals surface area (Å²) in [6.07, 6.45) is 0. The van der Waals surface area contributed by atoms with Gasteiger partial charge in [0.05, 0.1) is 5.75 Å². The number of hydrogen-bond donors (Lipinski definition) is 1. The third-order valence-electron chi connectivity index (χ3n) is 2.46. The maximum Gasteiger partial charge on any atom is 0.313 e. The summed E-state index contributed by atoms with van der Waals surface area (Å²) in [6, 6.07) is 0.338. The van der Waals surface area contributed by atoms with E-state index in [-0.39, 0.29) is 5.75 Å². The highest BCUT2D eigenvalue weighted by atomic mass is 32.2. The molecule has 1 N–H and O–H groups in total. The molecule has 1 aromatic rings. The number of carboxylic acid groups (broad SMARTS) is 1. The zero-order valence-electron chi connectivity index (χ0n) is 11.7. The van der Waals surface area contributed by atoms with Crippen LogP contribution in [0.15, 0.2) is 4.34 Å². The molecule has 6 nitrogen and oxygen atoms in total. The fourth-order valence-electron chi connectivity index (χ4n) is 1.76. The molecule has 108 valence electrons. The lowest BCUT2D eigenvalue weighted by molar-refractivity contribution is -0.133. The summed E-state index contributed by atoms with van der Waals surface area (Å²) in [5.74, 6) is -0.816. The molecule has 0 bridgehead atoms. The van der Waals surface area contributed by atoms with Crippen molar-refractivity contribution in [3.05, 3.63) is 0 Å². The maximum absolute atomic E-state index is 10.5.